The zero-order valence-electron chi connectivity index (χ0n) is 14.2. The highest BCUT2D eigenvalue weighted by Crippen LogP contribution is 2.47. The number of carbonyl (C=O) groups is 1. The molecule has 1 aliphatic carbocycles. The van der Waals surface area contributed by atoms with Crippen LogP contribution in [0.25, 0.3) is 0 Å². The van der Waals surface area contributed by atoms with Gasteiger partial charge < -0.3 is 10.2 Å². The van der Waals surface area contributed by atoms with E-state index >= 15 is 0 Å². The molecule has 1 saturated carbocycles. The molecule has 1 N–H and O–H groups in total. The van der Waals surface area contributed by atoms with Crippen LogP contribution in [0, 0.1) is 5.82 Å². The monoisotopic (exact) mass is 338 g/mol. The van der Waals surface area contributed by atoms with Gasteiger partial charge in [-0.2, -0.15) is 0 Å². The minimum absolute atomic E-state index is 0.0457. The molecule has 0 aromatic heterocycles. The summed E-state index contributed by atoms with van der Waals surface area (Å²) in [6, 6.07) is 16.4. The number of benzene rings is 2. The van der Waals surface area contributed by atoms with E-state index in [1.807, 2.05) is 42.5 Å². The average molecular weight is 338 g/mol. The van der Waals surface area contributed by atoms with Gasteiger partial charge in [0.1, 0.15) is 5.82 Å². The Bertz CT molecular complexity index is 723. The molecule has 2 amide bonds. The predicted octanol–water partition coefficient (Wildman–Crippen LogP) is 4.26. The van der Waals surface area contributed by atoms with E-state index < -0.39 is 0 Å². The standard InChI is InChI=1S/C21H23FN2O/c1-2-14-24(15-17-6-4-3-5-7-17)20(25)23-16-21(12-13-21)18-8-10-19(22)11-9-18/h2-11H,1,12-16H2,(H,23,25). The third-order valence-electron chi connectivity index (χ3n) is 4.74. The van der Waals surface area contributed by atoms with Gasteiger partial charge in [-0.15, -0.1) is 6.58 Å². The van der Waals surface area contributed by atoms with Crippen molar-refractivity contribution in [3.05, 3.63) is 84.2 Å². The lowest BCUT2D eigenvalue weighted by atomic mass is 9.96. The Labute approximate surface area is 148 Å². The number of carbonyl (C=O) groups excluding carboxylic acids is 1. The molecular formula is C21H23FN2O. The highest BCUT2D eigenvalue weighted by atomic mass is 19.1. The third-order valence-corrected chi connectivity index (χ3v) is 4.74. The van der Waals surface area contributed by atoms with Gasteiger partial charge in [-0.1, -0.05) is 48.5 Å². The fourth-order valence-corrected chi connectivity index (χ4v) is 3.06. The lowest BCUT2D eigenvalue weighted by molar-refractivity contribution is 0.200. The van der Waals surface area contributed by atoms with Crippen molar-refractivity contribution in [2.45, 2.75) is 24.8 Å². The van der Waals surface area contributed by atoms with Crippen LogP contribution in [0.2, 0.25) is 0 Å². The van der Waals surface area contributed by atoms with Gasteiger partial charge in [0.05, 0.1) is 0 Å². The Hall–Kier alpha value is -2.62. The van der Waals surface area contributed by atoms with Crippen molar-refractivity contribution >= 4 is 6.03 Å². The van der Waals surface area contributed by atoms with Crippen LogP contribution < -0.4 is 5.32 Å². The molecule has 1 fully saturated rings. The molecule has 0 saturated heterocycles. The second-order valence-electron chi connectivity index (χ2n) is 6.60. The summed E-state index contributed by atoms with van der Waals surface area (Å²) in [5.41, 5.74) is 2.13. The lowest BCUT2D eigenvalue weighted by Gasteiger charge is -2.24. The van der Waals surface area contributed by atoms with E-state index in [2.05, 4.69) is 11.9 Å². The Balaban J connectivity index is 1.61. The minimum atomic E-state index is -0.233. The molecule has 0 aliphatic heterocycles. The van der Waals surface area contributed by atoms with Gasteiger partial charge in [-0.25, -0.2) is 9.18 Å². The quantitative estimate of drug-likeness (QED) is 0.752. The van der Waals surface area contributed by atoms with Gasteiger partial charge in [0.25, 0.3) is 0 Å². The summed E-state index contributed by atoms with van der Waals surface area (Å²) in [5, 5.41) is 3.05. The number of hydrogen-bond donors (Lipinski definition) is 1. The van der Waals surface area contributed by atoms with Crippen molar-refractivity contribution in [1.29, 1.82) is 0 Å². The van der Waals surface area contributed by atoms with Crippen LogP contribution in [0.1, 0.15) is 24.0 Å². The van der Waals surface area contributed by atoms with Crippen LogP contribution in [0.4, 0.5) is 9.18 Å². The van der Waals surface area contributed by atoms with E-state index in [1.165, 1.54) is 12.1 Å². The van der Waals surface area contributed by atoms with Crippen molar-refractivity contribution in [2.75, 3.05) is 13.1 Å². The van der Waals surface area contributed by atoms with Gasteiger partial charge in [-0.05, 0) is 36.1 Å². The maximum atomic E-state index is 13.1. The zero-order chi connectivity index (χ0) is 17.7. The SMILES string of the molecule is C=CCN(Cc1ccccc1)C(=O)NCC1(c2ccc(F)cc2)CC1. The predicted molar refractivity (Wildman–Crippen MR) is 97.8 cm³/mol. The van der Waals surface area contributed by atoms with Crippen molar-refractivity contribution < 1.29 is 9.18 Å². The molecule has 3 rings (SSSR count). The van der Waals surface area contributed by atoms with Crippen LogP contribution in [0.15, 0.2) is 67.3 Å². The summed E-state index contributed by atoms with van der Waals surface area (Å²) in [6.07, 6.45) is 3.76. The molecule has 2 aromatic rings. The van der Waals surface area contributed by atoms with Crippen LogP contribution in [0.3, 0.4) is 0 Å². The number of nitrogens with zero attached hydrogens (tertiary/aromatic N) is 1. The second-order valence-corrected chi connectivity index (χ2v) is 6.60. The van der Waals surface area contributed by atoms with Gasteiger partial charge in [-0.3, -0.25) is 0 Å². The van der Waals surface area contributed by atoms with E-state index in [0.717, 1.165) is 24.0 Å². The van der Waals surface area contributed by atoms with Crippen molar-refractivity contribution in [3.63, 3.8) is 0 Å². The van der Waals surface area contributed by atoms with E-state index in [1.54, 1.807) is 11.0 Å². The first-order valence-electron chi connectivity index (χ1n) is 8.57. The number of nitrogens with one attached hydrogen (secondary N) is 1. The number of rotatable bonds is 7. The first-order valence-corrected chi connectivity index (χ1v) is 8.57. The Morgan fingerprint density at radius 1 is 1.16 bits per heavy atom. The maximum Gasteiger partial charge on any atom is 0.318 e. The lowest BCUT2D eigenvalue weighted by Crippen LogP contribution is -2.42. The average Bonchev–Trinajstić information content (AvgIpc) is 3.42. The van der Waals surface area contributed by atoms with Crippen LogP contribution in [-0.4, -0.2) is 24.0 Å². The number of amides is 2. The van der Waals surface area contributed by atoms with Crippen LogP contribution in [-0.2, 0) is 12.0 Å². The summed E-state index contributed by atoms with van der Waals surface area (Å²) in [4.78, 5) is 14.3. The molecule has 0 radical (unpaired) electrons. The normalized spacial score (nSPS) is 14.6. The van der Waals surface area contributed by atoms with Gasteiger partial charge in [0, 0.05) is 25.0 Å². The zero-order valence-corrected chi connectivity index (χ0v) is 14.2. The van der Waals surface area contributed by atoms with Crippen LogP contribution >= 0.6 is 0 Å². The molecule has 4 heteroatoms. The molecule has 1 aliphatic rings. The Kier molecular flexibility index (Phi) is 5.17. The number of urea groups is 1. The first-order chi connectivity index (χ1) is 12.1. The van der Waals surface area contributed by atoms with Gasteiger partial charge in [0.2, 0.25) is 0 Å². The highest BCUT2D eigenvalue weighted by Gasteiger charge is 2.44. The van der Waals surface area contributed by atoms with Gasteiger partial charge in [0.15, 0.2) is 0 Å². The number of halogens is 1. The molecule has 3 nitrogen and oxygen atoms in total. The smallest absolute Gasteiger partial charge is 0.318 e. The maximum absolute atomic E-state index is 13.1. The van der Waals surface area contributed by atoms with Crippen LogP contribution in [0.5, 0.6) is 0 Å². The van der Waals surface area contributed by atoms with E-state index in [-0.39, 0.29) is 17.3 Å². The van der Waals surface area contributed by atoms with Gasteiger partial charge >= 0.3 is 6.03 Å². The summed E-state index contributed by atoms with van der Waals surface area (Å²) in [5.74, 6) is -0.233. The molecule has 0 spiro atoms. The summed E-state index contributed by atoms with van der Waals surface area (Å²) < 4.78 is 13.1. The minimum Gasteiger partial charge on any atom is -0.337 e. The highest BCUT2D eigenvalue weighted by molar-refractivity contribution is 5.74. The molecule has 0 atom stereocenters. The molecular weight excluding hydrogens is 315 g/mol. The fraction of sp³-hybridized carbons (Fsp3) is 0.286. The fourth-order valence-electron chi connectivity index (χ4n) is 3.06. The molecule has 0 bridgehead atoms. The summed E-state index contributed by atoms with van der Waals surface area (Å²) in [6.45, 7) is 5.35. The summed E-state index contributed by atoms with van der Waals surface area (Å²) >= 11 is 0. The summed E-state index contributed by atoms with van der Waals surface area (Å²) in [7, 11) is 0. The molecule has 2 aromatic carbocycles. The number of hydrogen-bond acceptors (Lipinski definition) is 1. The van der Waals surface area contributed by atoms with Crippen molar-refractivity contribution in [3.8, 4) is 0 Å². The molecule has 130 valence electrons. The van der Waals surface area contributed by atoms with E-state index in [0.29, 0.717) is 19.6 Å². The van der Waals surface area contributed by atoms with E-state index in [4.69, 9.17) is 0 Å². The Morgan fingerprint density at radius 2 is 1.84 bits per heavy atom. The van der Waals surface area contributed by atoms with Crippen molar-refractivity contribution in [2.24, 2.45) is 0 Å². The molecule has 0 unspecified atom stereocenters. The molecule has 0 heterocycles. The first kappa shape index (κ1) is 17.2. The Morgan fingerprint density at radius 3 is 2.44 bits per heavy atom. The largest absolute Gasteiger partial charge is 0.337 e. The topological polar surface area (TPSA) is 32.3 Å². The second kappa shape index (κ2) is 7.51. The van der Waals surface area contributed by atoms with Crippen molar-refractivity contribution in [1.82, 2.24) is 10.2 Å². The molecule has 25 heavy (non-hydrogen) atoms. The third kappa shape index (κ3) is 4.27. The van der Waals surface area contributed by atoms with E-state index in [9.17, 15) is 9.18 Å².